The summed E-state index contributed by atoms with van der Waals surface area (Å²) in [7, 11) is 0. The zero-order valence-corrected chi connectivity index (χ0v) is 8.72. The lowest BCUT2D eigenvalue weighted by molar-refractivity contribution is 0.108. The second-order valence-corrected chi connectivity index (χ2v) is 3.60. The van der Waals surface area contributed by atoms with Crippen molar-refractivity contribution in [1.82, 2.24) is 0 Å². The van der Waals surface area contributed by atoms with Crippen molar-refractivity contribution in [2.45, 2.75) is 11.8 Å². The van der Waals surface area contributed by atoms with E-state index in [2.05, 4.69) is 0 Å². The molecule has 0 N–H and O–H groups in total. The third kappa shape index (κ3) is 2.73. The Labute approximate surface area is 92.1 Å². The standard InChI is InChI=1S/C10H7Cl2NO/c11-8(6-13)5-7-3-1-2-4-9(7)10(12)14/h1-4,8H,5H2. The van der Waals surface area contributed by atoms with E-state index in [9.17, 15) is 4.79 Å². The molecule has 0 aromatic heterocycles. The Kier molecular flexibility index (Phi) is 3.94. The van der Waals surface area contributed by atoms with E-state index < -0.39 is 10.6 Å². The summed E-state index contributed by atoms with van der Waals surface area (Å²) in [6.07, 6.45) is 0.326. The van der Waals surface area contributed by atoms with Crippen LogP contribution in [-0.2, 0) is 6.42 Å². The number of carbonyl (C=O) groups is 1. The molecule has 1 aromatic rings. The highest BCUT2D eigenvalue weighted by molar-refractivity contribution is 6.67. The molecule has 0 bridgehead atoms. The summed E-state index contributed by atoms with van der Waals surface area (Å²) >= 11 is 11.0. The summed E-state index contributed by atoms with van der Waals surface area (Å²) in [5, 5.41) is 7.37. The second-order valence-electron chi connectivity index (χ2n) is 2.73. The van der Waals surface area contributed by atoms with Gasteiger partial charge in [-0.25, -0.2) is 0 Å². The molecule has 2 nitrogen and oxygen atoms in total. The molecule has 0 aliphatic carbocycles. The second kappa shape index (κ2) is 4.99. The molecule has 0 saturated heterocycles. The van der Waals surface area contributed by atoms with E-state index in [-0.39, 0.29) is 0 Å². The number of benzene rings is 1. The Balaban J connectivity index is 2.97. The molecule has 1 rings (SSSR count). The third-order valence-corrected chi connectivity index (χ3v) is 2.22. The highest BCUT2D eigenvalue weighted by atomic mass is 35.5. The molecule has 1 unspecified atom stereocenters. The van der Waals surface area contributed by atoms with Crippen molar-refractivity contribution >= 4 is 28.4 Å². The van der Waals surface area contributed by atoms with Crippen LogP contribution in [0.4, 0.5) is 0 Å². The van der Waals surface area contributed by atoms with E-state index in [1.165, 1.54) is 0 Å². The number of carbonyl (C=O) groups excluding carboxylic acids is 1. The predicted octanol–water partition coefficient (Wildman–Crippen LogP) is 2.74. The maximum Gasteiger partial charge on any atom is 0.252 e. The number of halogens is 2. The van der Waals surface area contributed by atoms with Gasteiger partial charge in [-0.1, -0.05) is 18.2 Å². The Morgan fingerprint density at radius 2 is 2.14 bits per heavy atom. The first kappa shape index (κ1) is 11.0. The molecule has 0 fully saturated rings. The molecule has 0 amide bonds. The number of hydrogen-bond donors (Lipinski definition) is 0. The van der Waals surface area contributed by atoms with Crippen molar-refractivity contribution in [1.29, 1.82) is 5.26 Å². The van der Waals surface area contributed by atoms with Gasteiger partial charge in [0, 0.05) is 12.0 Å². The zero-order valence-electron chi connectivity index (χ0n) is 7.21. The van der Waals surface area contributed by atoms with Crippen LogP contribution in [0.3, 0.4) is 0 Å². The van der Waals surface area contributed by atoms with Gasteiger partial charge >= 0.3 is 0 Å². The zero-order chi connectivity index (χ0) is 10.6. The van der Waals surface area contributed by atoms with Gasteiger partial charge in [-0.2, -0.15) is 5.26 Å². The molecule has 0 saturated carbocycles. The lowest BCUT2D eigenvalue weighted by Crippen LogP contribution is -2.04. The number of alkyl halides is 1. The van der Waals surface area contributed by atoms with E-state index in [1.807, 2.05) is 6.07 Å². The molecule has 0 aliphatic rings. The fourth-order valence-corrected chi connectivity index (χ4v) is 1.48. The molecule has 72 valence electrons. The van der Waals surface area contributed by atoms with E-state index >= 15 is 0 Å². The van der Waals surface area contributed by atoms with Gasteiger partial charge < -0.3 is 0 Å². The molecule has 0 heterocycles. The maximum atomic E-state index is 11.0. The van der Waals surface area contributed by atoms with Gasteiger partial charge in [-0.15, -0.1) is 11.6 Å². The van der Waals surface area contributed by atoms with Crippen LogP contribution in [0.2, 0.25) is 0 Å². The van der Waals surface area contributed by atoms with Gasteiger partial charge in [-0.3, -0.25) is 4.79 Å². The minimum Gasteiger partial charge on any atom is -0.276 e. The summed E-state index contributed by atoms with van der Waals surface area (Å²) in [6, 6.07) is 8.74. The Bertz CT molecular complexity index is 384. The topological polar surface area (TPSA) is 40.9 Å². The summed E-state index contributed by atoms with van der Waals surface area (Å²) in [5.74, 6) is 0. The van der Waals surface area contributed by atoms with Crippen molar-refractivity contribution < 1.29 is 4.79 Å². The molecule has 0 radical (unpaired) electrons. The molecule has 14 heavy (non-hydrogen) atoms. The van der Waals surface area contributed by atoms with Crippen molar-refractivity contribution in [2.24, 2.45) is 0 Å². The lowest BCUT2D eigenvalue weighted by atomic mass is 10.0. The lowest BCUT2D eigenvalue weighted by Gasteiger charge is -2.05. The van der Waals surface area contributed by atoms with Gasteiger partial charge in [0.2, 0.25) is 0 Å². The van der Waals surface area contributed by atoms with E-state index in [0.29, 0.717) is 17.5 Å². The van der Waals surface area contributed by atoms with Crippen LogP contribution in [0.5, 0.6) is 0 Å². The Hall–Kier alpha value is -1.04. The fourth-order valence-electron chi connectivity index (χ4n) is 1.13. The van der Waals surface area contributed by atoms with Gasteiger partial charge in [0.05, 0.1) is 6.07 Å². The van der Waals surface area contributed by atoms with Gasteiger partial charge in [0.25, 0.3) is 5.24 Å². The minimum absolute atomic E-state index is 0.326. The average molecular weight is 228 g/mol. The molecule has 1 aromatic carbocycles. The van der Waals surface area contributed by atoms with Crippen LogP contribution in [0.25, 0.3) is 0 Å². The first-order valence-corrected chi connectivity index (χ1v) is 4.78. The molecular weight excluding hydrogens is 221 g/mol. The smallest absolute Gasteiger partial charge is 0.252 e. The summed E-state index contributed by atoms with van der Waals surface area (Å²) in [5.41, 5.74) is 1.11. The van der Waals surface area contributed by atoms with Crippen LogP contribution in [0.15, 0.2) is 24.3 Å². The molecule has 0 aliphatic heterocycles. The van der Waals surface area contributed by atoms with Gasteiger partial charge in [0.15, 0.2) is 0 Å². The minimum atomic E-state index is -0.632. The molecule has 1 atom stereocenters. The van der Waals surface area contributed by atoms with E-state index in [1.54, 1.807) is 24.3 Å². The molecular formula is C10H7Cl2NO. The van der Waals surface area contributed by atoms with Crippen LogP contribution >= 0.6 is 23.2 Å². The van der Waals surface area contributed by atoms with E-state index in [0.717, 1.165) is 0 Å². The normalized spacial score (nSPS) is 11.8. The summed E-state index contributed by atoms with van der Waals surface area (Å²) in [6.45, 7) is 0. The van der Waals surface area contributed by atoms with Gasteiger partial charge in [0.1, 0.15) is 5.38 Å². The first-order valence-electron chi connectivity index (χ1n) is 3.96. The number of nitrogens with zero attached hydrogens (tertiary/aromatic N) is 1. The highest BCUT2D eigenvalue weighted by Crippen LogP contribution is 2.15. The Morgan fingerprint density at radius 3 is 2.71 bits per heavy atom. The monoisotopic (exact) mass is 227 g/mol. The van der Waals surface area contributed by atoms with Crippen LogP contribution < -0.4 is 0 Å². The third-order valence-electron chi connectivity index (χ3n) is 1.77. The predicted molar refractivity (Wildman–Crippen MR) is 55.6 cm³/mol. The average Bonchev–Trinajstić information content (AvgIpc) is 2.18. The first-order chi connectivity index (χ1) is 6.65. The van der Waals surface area contributed by atoms with Gasteiger partial charge in [-0.05, 0) is 23.2 Å². The number of nitriles is 1. The highest BCUT2D eigenvalue weighted by Gasteiger charge is 2.11. The van der Waals surface area contributed by atoms with Crippen LogP contribution in [-0.4, -0.2) is 10.6 Å². The van der Waals surface area contributed by atoms with Crippen molar-refractivity contribution in [3.05, 3.63) is 35.4 Å². The van der Waals surface area contributed by atoms with E-state index in [4.69, 9.17) is 28.5 Å². The number of rotatable bonds is 3. The molecule has 0 spiro atoms. The summed E-state index contributed by atoms with van der Waals surface area (Å²) < 4.78 is 0. The number of hydrogen-bond acceptors (Lipinski definition) is 2. The van der Waals surface area contributed by atoms with Crippen LogP contribution in [0, 0.1) is 11.3 Å². The van der Waals surface area contributed by atoms with Crippen molar-refractivity contribution in [3.8, 4) is 6.07 Å². The molecule has 4 heteroatoms. The van der Waals surface area contributed by atoms with Crippen LogP contribution in [0.1, 0.15) is 15.9 Å². The Morgan fingerprint density at radius 1 is 1.50 bits per heavy atom. The van der Waals surface area contributed by atoms with Crippen molar-refractivity contribution in [2.75, 3.05) is 0 Å². The summed E-state index contributed by atoms with van der Waals surface area (Å²) in [4.78, 5) is 11.0. The SMILES string of the molecule is N#CC(Cl)Cc1ccccc1C(=O)Cl. The van der Waals surface area contributed by atoms with Crippen molar-refractivity contribution in [3.63, 3.8) is 0 Å². The largest absolute Gasteiger partial charge is 0.276 e. The quantitative estimate of drug-likeness (QED) is 0.589. The maximum absolute atomic E-state index is 11.0. The fraction of sp³-hybridized carbons (Fsp3) is 0.200.